The number of carbonyl (C=O) groups is 1. The first-order chi connectivity index (χ1) is 12.7. The van der Waals surface area contributed by atoms with Gasteiger partial charge in [0.1, 0.15) is 4.90 Å². The average molecular weight is 393 g/mol. The highest BCUT2D eigenvalue weighted by molar-refractivity contribution is 7.89. The molecule has 0 atom stereocenters. The largest absolute Gasteiger partial charge is 0.311 e. The third kappa shape index (κ3) is 4.56. The maximum atomic E-state index is 12.6. The van der Waals surface area contributed by atoms with Gasteiger partial charge in [-0.2, -0.15) is 5.10 Å². The Bertz CT molecular complexity index is 877. The molecule has 7 nitrogen and oxygen atoms in total. The summed E-state index contributed by atoms with van der Waals surface area (Å²) in [7, 11) is -3.69. The first-order valence-electron chi connectivity index (χ1n) is 9.13. The van der Waals surface area contributed by atoms with Gasteiger partial charge in [-0.15, -0.1) is 0 Å². The number of anilines is 1. The van der Waals surface area contributed by atoms with Gasteiger partial charge in [0.2, 0.25) is 15.9 Å². The molecule has 148 valence electrons. The van der Waals surface area contributed by atoms with Gasteiger partial charge >= 0.3 is 0 Å². The minimum Gasteiger partial charge on any atom is -0.311 e. The first kappa shape index (κ1) is 21.1. The van der Waals surface area contributed by atoms with Crippen molar-refractivity contribution in [2.45, 2.75) is 52.4 Å². The summed E-state index contributed by atoms with van der Waals surface area (Å²) in [5.74, 6) is -0.111. The van der Waals surface area contributed by atoms with Crippen LogP contribution in [0.4, 0.5) is 5.69 Å². The number of nitrogens with one attached hydrogen (secondary N) is 2. The summed E-state index contributed by atoms with van der Waals surface area (Å²) in [6.07, 6.45) is 1.60. The third-order valence-corrected chi connectivity index (χ3v) is 6.29. The molecule has 0 aliphatic heterocycles. The Balaban J connectivity index is 2.23. The standard InChI is InChI=1S/C19H28N4O3S/c1-6-16-9-8-10-17(7-2)18(16)23(15(5)24)12-11-20-27(25,26)19-13(3)21-22-14(19)4/h8-10,20H,6-7,11-12H2,1-5H3,(H,21,22). The van der Waals surface area contributed by atoms with Crippen molar-refractivity contribution in [2.75, 3.05) is 18.0 Å². The van der Waals surface area contributed by atoms with E-state index in [2.05, 4.69) is 14.9 Å². The topological polar surface area (TPSA) is 95.2 Å². The fourth-order valence-corrected chi connectivity index (χ4v) is 4.68. The fraction of sp³-hybridized carbons (Fsp3) is 0.474. The molecular formula is C19H28N4O3S. The van der Waals surface area contributed by atoms with Crippen LogP contribution in [0.15, 0.2) is 23.1 Å². The number of nitrogens with zero attached hydrogens (tertiary/aromatic N) is 2. The van der Waals surface area contributed by atoms with E-state index in [0.717, 1.165) is 29.7 Å². The lowest BCUT2D eigenvalue weighted by molar-refractivity contribution is -0.116. The number of sulfonamides is 1. The number of hydrogen-bond acceptors (Lipinski definition) is 4. The number of aromatic amines is 1. The average Bonchev–Trinajstić information content (AvgIpc) is 2.97. The highest BCUT2D eigenvalue weighted by Crippen LogP contribution is 2.27. The molecule has 1 heterocycles. The number of amides is 1. The molecule has 1 aromatic carbocycles. The molecule has 8 heteroatoms. The summed E-state index contributed by atoms with van der Waals surface area (Å²) in [6, 6.07) is 6.01. The normalized spacial score (nSPS) is 11.6. The van der Waals surface area contributed by atoms with Crippen LogP contribution in [0.3, 0.4) is 0 Å². The van der Waals surface area contributed by atoms with E-state index >= 15 is 0 Å². The smallest absolute Gasteiger partial charge is 0.244 e. The van der Waals surface area contributed by atoms with Crippen LogP contribution in [0.1, 0.15) is 43.3 Å². The predicted molar refractivity (Wildman–Crippen MR) is 106 cm³/mol. The summed E-state index contributed by atoms with van der Waals surface area (Å²) >= 11 is 0. The molecule has 0 bridgehead atoms. The Kier molecular flexibility index (Phi) is 6.78. The fourth-order valence-electron chi connectivity index (χ4n) is 3.29. The number of para-hydroxylation sites is 1. The molecule has 2 rings (SSSR count). The summed E-state index contributed by atoms with van der Waals surface area (Å²) in [4.78, 5) is 14.1. The van der Waals surface area contributed by atoms with Crippen LogP contribution in [0.5, 0.6) is 0 Å². The molecule has 0 spiro atoms. The number of aryl methyl sites for hydroxylation is 4. The lowest BCUT2D eigenvalue weighted by Crippen LogP contribution is -2.38. The van der Waals surface area contributed by atoms with Crippen LogP contribution in [-0.4, -0.2) is 37.6 Å². The molecule has 0 fully saturated rings. The Morgan fingerprint density at radius 3 is 2.22 bits per heavy atom. The van der Waals surface area contributed by atoms with Crippen molar-refractivity contribution in [2.24, 2.45) is 0 Å². The van der Waals surface area contributed by atoms with E-state index in [1.807, 2.05) is 32.0 Å². The van der Waals surface area contributed by atoms with Crippen LogP contribution in [0.25, 0.3) is 0 Å². The number of aromatic nitrogens is 2. The van der Waals surface area contributed by atoms with Crippen molar-refractivity contribution >= 4 is 21.6 Å². The van der Waals surface area contributed by atoms with Gasteiger partial charge in [0, 0.05) is 20.0 Å². The van der Waals surface area contributed by atoms with E-state index in [1.165, 1.54) is 6.92 Å². The van der Waals surface area contributed by atoms with E-state index in [9.17, 15) is 13.2 Å². The molecule has 0 aliphatic rings. The third-order valence-electron chi connectivity index (χ3n) is 4.57. The van der Waals surface area contributed by atoms with Crippen molar-refractivity contribution in [3.05, 3.63) is 40.7 Å². The molecule has 27 heavy (non-hydrogen) atoms. The molecule has 0 saturated heterocycles. The van der Waals surface area contributed by atoms with E-state index in [4.69, 9.17) is 0 Å². The Hall–Kier alpha value is -2.19. The zero-order valence-electron chi connectivity index (χ0n) is 16.6. The van der Waals surface area contributed by atoms with Crippen molar-refractivity contribution in [3.8, 4) is 0 Å². The van der Waals surface area contributed by atoms with Gasteiger partial charge in [-0.3, -0.25) is 9.89 Å². The number of rotatable bonds is 8. The lowest BCUT2D eigenvalue weighted by atomic mass is 10.0. The second-order valence-electron chi connectivity index (χ2n) is 6.46. The number of hydrogen-bond donors (Lipinski definition) is 2. The zero-order chi connectivity index (χ0) is 20.2. The van der Waals surface area contributed by atoms with Crippen molar-refractivity contribution in [3.63, 3.8) is 0 Å². The zero-order valence-corrected chi connectivity index (χ0v) is 17.4. The second-order valence-corrected chi connectivity index (χ2v) is 8.17. The molecule has 0 aliphatic carbocycles. The predicted octanol–water partition coefficient (Wildman–Crippen LogP) is 2.48. The van der Waals surface area contributed by atoms with E-state index < -0.39 is 10.0 Å². The van der Waals surface area contributed by atoms with Crippen LogP contribution >= 0.6 is 0 Å². The molecule has 0 saturated carbocycles. The first-order valence-corrected chi connectivity index (χ1v) is 10.6. The summed E-state index contributed by atoms with van der Waals surface area (Å²) < 4.78 is 27.8. The SMILES string of the molecule is CCc1cccc(CC)c1N(CCNS(=O)(=O)c1c(C)n[nH]c1C)C(C)=O. The highest BCUT2D eigenvalue weighted by Gasteiger charge is 2.23. The van der Waals surface area contributed by atoms with Crippen molar-refractivity contribution in [1.29, 1.82) is 0 Å². The Labute approximate surface area is 161 Å². The molecular weight excluding hydrogens is 364 g/mol. The van der Waals surface area contributed by atoms with Crippen LogP contribution in [-0.2, 0) is 27.7 Å². The quantitative estimate of drug-likeness (QED) is 0.721. The number of benzene rings is 1. The Morgan fingerprint density at radius 2 is 1.78 bits per heavy atom. The van der Waals surface area contributed by atoms with Gasteiger partial charge in [-0.25, -0.2) is 13.1 Å². The summed E-state index contributed by atoms with van der Waals surface area (Å²) in [6.45, 7) is 9.28. The second kappa shape index (κ2) is 8.67. The van der Waals surface area contributed by atoms with Crippen molar-refractivity contribution < 1.29 is 13.2 Å². The van der Waals surface area contributed by atoms with E-state index in [-0.39, 0.29) is 23.9 Å². The van der Waals surface area contributed by atoms with Crippen molar-refractivity contribution in [1.82, 2.24) is 14.9 Å². The highest BCUT2D eigenvalue weighted by atomic mass is 32.2. The minimum absolute atomic E-state index is 0.111. The summed E-state index contributed by atoms with van der Waals surface area (Å²) in [5, 5.41) is 6.62. The molecule has 0 unspecified atom stereocenters. The van der Waals surface area contributed by atoms with Gasteiger partial charge in [0.15, 0.2) is 0 Å². The number of carbonyl (C=O) groups excluding carboxylic acids is 1. The van der Waals surface area contributed by atoms with E-state index in [1.54, 1.807) is 18.7 Å². The summed E-state index contributed by atoms with van der Waals surface area (Å²) in [5.41, 5.74) is 3.97. The molecule has 1 amide bonds. The maximum absolute atomic E-state index is 12.6. The molecule has 2 aromatic rings. The number of H-pyrrole nitrogens is 1. The van der Waals surface area contributed by atoms with Gasteiger partial charge in [0.25, 0.3) is 0 Å². The molecule has 1 aromatic heterocycles. The molecule has 2 N–H and O–H groups in total. The Morgan fingerprint density at radius 1 is 1.19 bits per heavy atom. The van der Waals surface area contributed by atoms with Gasteiger partial charge in [-0.1, -0.05) is 32.0 Å². The monoisotopic (exact) mass is 392 g/mol. The van der Waals surface area contributed by atoms with Crippen LogP contribution in [0.2, 0.25) is 0 Å². The van der Waals surface area contributed by atoms with E-state index in [0.29, 0.717) is 11.4 Å². The van der Waals surface area contributed by atoms with Crippen LogP contribution in [0, 0.1) is 13.8 Å². The van der Waals surface area contributed by atoms with Gasteiger partial charge in [-0.05, 0) is 37.8 Å². The van der Waals surface area contributed by atoms with Gasteiger partial charge in [0.05, 0.1) is 17.1 Å². The van der Waals surface area contributed by atoms with Crippen LogP contribution < -0.4 is 9.62 Å². The molecule has 0 radical (unpaired) electrons. The van der Waals surface area contributed by atoms with Gasteiger partial charge < -0.3 is 4.90 Å². The minimum atomic E-state index is -3.69. The lowest BCUT2D eigenvalue weighted by Gasteiger charge is -2.26. The maximum Gasteiger partial charge on any atom is 0.244 e.